The third-order valence-electron chi connectivity index (χ3n) is 1.83. The molecule has 5 heteroatoms. The van der Waals surface area contributed by atoms with Crippen molar-refractivity contribution >= 4 is 5.91 Å². The van der Waals surface area contributed by atoms with Gasteiger partial charge in [-0.3, -0.25) is 10.2 Å². The Kier molecular flexibility index (Phi) is 4.80. The molecule has 0 saturated carbocycles. The number of rotatable bonds is 5. The highest BCUT2D eigenvalue weighted by atomic mass is 16.7. The lowest BCUT2D eigenvalue weighted by atomic mass is 10.1. The fourth-order valence-electron chi connectivity index (χ4n) is 0.700. The van der Waals surface area contributed by atoms with E-state index < -0.39 is 5.79 Å². The average Bonchev–Trinajstić information content (AvgIpc) is 2.13. The van der Waals surface area contributed by atoms with E-state index in [-0.39, 0.29) is 12.3 Å². The van der Waals surface area contributed by atoms with E-state index in [9.17, 15) is 4.79 Å². The van der Waals surface area contributed by atoms with E-state index >= 15 is 0 Å². The Morgan fingerprint density at radius 2 is 2.00 bits per heavy atom. The van der Waals surface area contributed by atoms with E-state index in [0.29, 0.717) is 6.42 Å². The van der Waals surface area contributed by atoms with E-state index in [2.05, 4.69) is 0 Å². The van der Waals surface area contributed by atoms with Gasteiger partial charge in [0.15, 0.2) is 5.79 Å². The number of hydrogen-bond acceptors (Lipinski definition) is 4. The molecule has 0 radical (unpaired) electrons. The van der Waals surface area contributed by atoms with Crippen LogP contribution in [-0.2, 0) is 14.3 Å². The molecule has 5 nitrogen and oxygen atoms in total. The van der Waals surface area contributed by atoms with Crippen LogP contribution in [0.1, 0.15) is 19.8 Å². The predicted molar refractivity (Wildman–Crippen MR) is 44.0 cm³/mol. The Hall–Kier alpha value is -0.650. The Morgan fingerprint density at radius 1 is 1.50 bits per heavy atom. The van der Waals surface area contributed by atoms with Crippen LogP contribution in [0.5, 0.6) is 0 Å². The second-order valence-corrected chi connectivity index (χ2v) is 2.61. The highest BCUT2D eigenvalue weighted by molar-refractivity contribution is 5.75. The van der Waals surface area contributed by atoms with Gasteiger partial charge in [-0.1, -0.05) is 0 Å². The summed E-state index contributed by atoms with van der Waals surface area (Å²) >= 11 is 0. The number of amides is 1. The molecule has 12 heavy (non-hydrogen) atoms. The molecule has 0 fully saturated rings. The first-order valence-electron chi connectivity index (χ1n) is 3.67. The van der Waals surface area contributed by atoms with Gasteiger partial charge in [0.25, 0.3) is 0 Å². The molecule has 0 bridgehead atoms. The molecule has 0 unspecified atom stereocenters. The number of carbonyl (C=O) groups is 1. The first-order valence-corrected chi connectivity index (χ1v) is 3.67. The number of hydrazine groups is 1. The molecule has 0 rings (SSSR count). The minimum absolute atomic E-state index is 0.227. The first kappa shape index (κ1) is 11.4. The lowest BCUT2D eigenvalue weighted by Crippen LogP contribution is -2.35. The van der Waals surface area contributed by atoms with Crippen LogP contribution in [0.2, 0.25) is 0 Å². The smallest absolute Gasteiger partial charge is 0.234 e. The highest BCUT2D eigenvalue weighted by Crippen LogP contribution is 2.16. The van der Waals surface area contributed by atoms with Crippen molar-refractivity contribution in [2.24, 2.45) is 5.84 Å². The van der Waals surface area contributed by atoms with E-state index in [1.165, 1.54) is 14.2 Å². The van der Waals surface area contributed by atoms with Crippen molar-refractivity contribution in [3.8, 4) is 0 Å². The maximum atomic E-state index is 10.7. The van der Waals surface area contributed by atoms with Crippen molar-refractivity contribution < 1.29 is 14.3 Å². The largest absolute Gasteiger partial charge is 0.353 e. The molecular weight excluding hydrogens is 160 g/mol. The second-order valence-electron chi connectivity index (χ2n) is 2.61. The van der Waals surface area contributed by atoms with Crippen molar-refractivity contribution in [3.05, 3.63) is 0 Å². The molecule has 0 saturated heterocycles. The molecule has 72 valence electrons. The predicted octanol–water partition coefficient (Wildman–Crippen LogP) is -0.235. The van der Waals surface area contributed by atoms with Crippen LogP contribution in [0, 0.1) is 0 Å². The lowest BCUT2D eigenvalue weighted by molar-refractivity contribution is -0.198. The van der Waals surface area contributed by atoms with Crippen LogP contribution < -0.4 is 11.3 Å². The SMILES string of the molecule is COC(C)(CCC(=O)NN)OC. The van der Waals surface area contributed by atoms with Crippen molar-refractivity contribution in [3.63, 3.8) is 0 Å². The molecule has 0 heterocycles. The Balaban J connectivity index is 3.80. The van der Waals surface area contributed by atoms with Crippen molar-refractivity contribution in [2.75, 3.05) is 14.2 Å². The molecular formula is C7H16N2O3. The van der Waals surface area contributed by atoms with E-state index in [1.54, 1.807) is 6.92 Å². The van der Waals surface area contributed by atoms with Gasteiger partial charge in [0.2, 0.25) is 5.91 Å². The fourth-order valence-corrected chi connectivity index (χ4v) is 0.700. The summed E-state index contributed by atoms with van der Waals surface area (Å²) < 4.78 is 10.1. The number of carbonyl (C=O) groups excluding carboxylic acids is 1. The highest BCUT2D eigenvalue weighted by Gasteiger charge is 2.23. The number of ether oxygens (including phenoxy) is 2. The minimum Gasteiger partial charge on any atom is -0.353 e. The van der Waals surface area contributed by atoms with Crippen molar-refractivity contribution in [1.29, 1.82) is 0 Å². The quantitative estimate of drug-likeness (QED) is 0.262. The molecule has 0 aromatic carbocycles. The summed E-state index contributed by atoms with van der Waals surface area (Å²) in [4.78, 5) is 10.7. The van der Waals surface area contributed by atoms with Crippen LogP contribution in [0.25, 0.3) is 0 Å². The molecule has 0 aromatic rings. The number of methoxy groups -OCH3 is 2. The zero-order valence-corrected chi connectivity index (χ0v) is 7.72. The maximum Gasteiger partial charge on any atom is 0.234 e. The monoisotopic (exact) mass is 176 g/mol. The van der Waals surface area contributed by atoms with E-state index in [1.807, 2.05) is 5.43 Å². The normalized spacial score (nSPS) is 11.3. The van der Waals surface area contributed by atoms with Gasteiger partial charge >= 0.3 is 0 Å². The summed E-state index contributed by atoms with van der Waals surface area (Å²) in [6.45, 7) is 1.76. The minimum atomic E-state index is -0.702. The zero-order chi connectivity index (χ0) is 9.61. The van der Waals surface area contributed by atoms with Gasteiger partial charge in [0, 0.05) is 27.1 Å². The van der Waals surface area contributed by atoms with E-state index in [4.69, 9.17) is 15.3 Å². The van der Waals surface area contributed by atoms with Crippen LogP contribution in [-0.4, -0.2) is 25.9 Å². The molecule has 0 spiro atoms. The Morgan fingerprint density at radius 3 is 2.33 bits per heavy atom. The second kappa shape index (κ2) is 5.08. The summed E-state index contributed by atoms with van der Waals surface area (Å²) in [5.74, 6) is 3.97. The first-order chi connectivity index (χ1) is 5.58. The summed E-state index contributed by atoms with van der Waals surface area (Å²) in [5, 5.41) is 0. The fraction of sp³-hybridized carbons (Fsp3) is 0.857. The molecule has 0 aliphatic rings. The van der Waals surface area contributed by atoms with Crippen LogP contribution >= 0.6 is 0 Å². The third kappa shape index (κ3) is 3.66. The molecule has 0 aliphatic carbocycles. The molecule has 3 N–H and O–H groups in total. The Labute approximate surface area is 72.2 Å². The average molecular weight is 176 g/mol. The van der Waals surface area contributed by atoms with E-state index in [0.717, 1.165) is 0 Å². The molecule has 0 aliphatic heterocycles. The topological polar surface area (TPSA) is 73.6 Å². The maximum absolute atomic E-state index is 10.7. The van der Waals surface area contributed by atoms with Crippen LogP contribution in [0.3, 0.4) is 0 Å². The van der Waals surface area contributed by atoms with Gasteiger partial charge in [-0.05, 0) is 6.92 Å². The summed E-state index contributed by atoms with van der Waals surface area (Å²) in [5.41, 5.74) is 2.04. The number of hydrogen-bond donors (Lipinski definition) is 2. The summed E-state index contributed by atoms with van der Waals surface area (Å²) in [7, 11) is 3.06. The van der Waals surface area contributed by atoms with Crippen LogP contribution in [0.4, 0.5) is 0 Å². The number of nitrogens with two attached hydrogens (primary N) is 1. The molecule has 0 aromatic heterocycles. The number of nitrogens with one attached hydrogen (secondary N) is 1. The van der Waals surface area contributed by atoms with Gasteiger partial charge < -0.3 is 9.47 Å². The summed E-state index contributed by atoms with van der Waals surface area (Å²) in [6, 6.07) is 0. The van der Waals surface area contributed by atoms with Crippen molar-refractivity contribution in [2.45, 2.75) is 25.6 Å². The van der Waals surface area contributed by atoms with Gasteiger partial charge in [0.1, 0.15) is 0 Å². The van der Waals surface area contributed by atoms with Gasteiger partial charge in [0.05, 0.1) is 0 Å². The van der Waals surface area contributed by atoms with Crippen molar-refractivity contribution in [1.82, 2.24) is 5.43 Å². The Bertz CT molecular complexity index is 146. The lowest BCUT2D eigenvalue weighted by Gasteiger charge is -2.25. The van der Waals surface area contributed by atoms with Crippen LogP contribution in [0.15, 0.2) is 0 Å². The van der Waals surface area contributed by atoms with Gasteiger partial charge in [-0.15, -0.1) is 0 Å². The van der Waals surface area contributed by atoms with Gasteiger partial charge in [-0.25, -0.2) is 5.84 Å². The molecule has 1 amide bonds. The zero-order valence-electron chi connectivity index (χ0n) is 7.72. The van der Waals surface area contributed by atoms with Gasteiger partial charge in [-0.2, -0.15) is 0 Å². The standard InChI is InChI=1S/C7H16N2O3/c1-7(11-2,12-3)5-4-6(10)9-8/h4-5,8H2,1-3H3,(H,9,10). The summed E-state index contributed by atoms with van der Waals surface area (Å²) in [6.07, 6.45) is 0.762. The third-order valence-corrected chi connectivity index (χ3v) is 1.83. The molecule has 0 atom stereocenters.